The number of thiophene rings is 1. The van der Waals surface area contributed by atoms with Gasteiger partial charge in [-0.3, -0.25) is 0 Å². The fourth-order valence-electron chi connectivity index (χ4n) is 3.17. The molecule has 1 aromatic heterocycles. The number of hydrogen-bond acceptors (Lipinski definition) is 2. The van der Waals surface area contributed by atoms with Crippen molar-refractivity contribution in [3.63, 3.8) is 0 Å². The highest BCUT2D eigenvalue weighted by atomic mass is 32.1. The summed E-state index contributed by atoms with van der Waals surface area (Å²) in [5, 5.41) is 5.27. The Labute approximate surface area is 120 Å². The molecule has 0 saturated carbocycles. The largest absolute Gasteiger partial charge is 0.309 e. The molecule has 2 aromatic rings. The van der Waals surface area contributed by atoms with Gasteiger partial charge in [0.1, 0.15) is 0 Å². The minimum Gasteiger partial charge on any atom is -0.309 e. The van der Waals surface area contributed by atoms with E-state index in [1.807, 2.05) is 11.3 Å². The van der Waals surface area contributed by atoms with Gasteiger partial charge in [0.15, 0.2) is 0 Å². The van der Waals surface area contributed by atoms with Crippen LogP contribution in [0.3, 0.4) is 0 Å². The van der Waals surface area contributed by atoms with Gasteiger partial charge < -0.3 is 5.32 Å². The predicted octanol–water partition coefficient (Wildman–Crippen LogP) is 4.91. The molecule has 2 unspecified atom stereocenters. The average Bonchev–Trinajstić information content (AvgIpc) is 2.72. The van der Waals surface area contributed by atoms with E-state index in [2.05, 4.69) is 43.4 Å². The third-order valence-electron chi connectivity index (χ3n) is 4.21. The molecule has 1 N–H and O–H groups in total. The lowest BCUT2D eigenvalue weighted by Gasteiger charge is -2.18. The van der Waals surface area contributed by atoms with Crippen LogP contribution in [0.2, 0.25) is 0 Å². The second-order valence-electron chi connectivity index (χ2n) is 5.83. The molecule has 1 aromatic carbocycles. The van der Waals surface area contributed by atoms with Gasteiger partial charge in [0.2, 0.25) is 0 Å². The quantitative estimate of drug-likeness (QED) is 0.783. The van der Waals surface area contributed by atoms with Crippen LogP contribution >= 0.6 is 11.3 Å². The van der Waals surface area contributed by atoms with E-state index in [-0.39, 0.29) is 0 Å². The zero-order chi connectivity index (χ0) is 13.2. The molecular weight excluding hydrogens is 250 g/mol. The zero-order valence-electron chi connectivity index (χ0n) is 11.9. The summed E-state index contributed by atoms with van der Waals surface area (Å²) in [6.07, 6.45) is 5.09. The molecule has 0 aliphatic heterocycles. The van der Waals surface area contributed by atoms with E-state index < -0.39 is 0 Å². The minimum absolute atomic E-state index is 0.574. The number of rotatable bonds is 3. The Hall–Kier alpha value is -0.860. The summed E-state index contributed by atoms with van der Waals surface area (Å²) in [6, 6.07) is 9.49. The van der Waals surface area contributed by atoms with Crippen LogP contribution in [0.4, 0.5) is 0 Å². The predicted molar refractivity (Wildman–Crippen MR) is 85.0 cm³/mol. The summed E-state index contributed by atoms with van der Waals surface area (Å²) in [6.45, 7) is 5.78. The Balaban J connectivity index is 2.03. The number of nitrogens with one attached hydrogen (secondary N) is 1. The summed E-state index contributed by atoms with van der Waals surface area (Å²) in [5.41, 5.74) is 1.62. The first-order valence-electron chi connectivity index (χ1n) is 7.53. The van der Waals surface area contributed by atoms with Crippen LogP contribution < -0.4 is 5.32 Å². The molecule has 1 aliphatic rings. The topological polar surface area (TPSA) is 12.0 Å². The molecular formula is C17H23NS. The molecule has 2 heteroatoms. The second-order valence-corrected chi connectivity index (χ2v) is 6.91. The molecule has 19 heavy (non-hydrogen) atoms. The molecule has 2 atom stereocenters. The van der Waals surface area contributed by atoms with E-state index in [0.717, 1.165) is 12.5 Å². The Morgan fingerprint density at radius 1 is 1.32 bits per heavy atom. The minimum atomic E-state index is 0.574. The van der Waals surface area contributed by atoms with Crippen molar-refractivity contribution < 1.29 is 0 Å². The van der Waals surface area contributed by atoms with Gasteiger partial charge in [0.25, 0.3) is 0 Å². The number of aryl methyl sites for hydroxylation is 1. The Morgan fingerprint density at radius 2 is 2.16 bits per heavy atom. The monoisotopic (exact) mass is 273 g/mol. The average molecular weight is 273 g/mol. The summed E-state index contributed by atoms with van der Waals surface area (Å²) >= 11 is 2.01. The third-order valence-corrected chi connectivity index (χ3v) is 5.54. The molecule has 0 spiro atoms. The van der Waals surface area contributed by atoms with Crippen LogP contribution in [-0.4, -0.2) is 6.54 Å². The molecule has 102 valence electrons. The van der Waals surface area contributed by atoms with Gasteiger partial charge in [-0.15, -0.1) is 11.3 Å². The van der Waals surface area contributed by atoms with Crippen LogP contribution in [-0.2, 0) is 6.42 Å². The maximum absolute atomic E-state index is 3.77. The smallest absolute Gasteiger partial charge is 0.0420 e. The highest BCUT2D eigenvalue weighted by molar-refractivity contribution is 7.19. The lowest BCUT2D eigenvalue weighted by Crippen LogP contribution is -2.22. The fourth-order valence-corrected chi connectivity index (χ4v) is 4.51. The SMILES string of the molecule is CCCNC1CC(C)CCc2c1sc1ccccc21. The van der Waals surface area contributed by atoms with Gasteiger partial charge in [-0.05, 0) is 55.2 Å². The molecule has 0 saturated heterocycles. The van der Waals surface area contributed by atoms with Gasteiger partial charge in [-0.2, -0.15) is 0 Å². The van der Waals surface area contributed by atoms with Crippen molar-refractivity contribution in [2.24, 2.45) is 5.92 Å². The molecule has 1 nitrogen and oxygen atoms in total. The first-order valence-corrected chi connectivity index (χ1v) is 8.35. The van der Waals surface area contributed by atoms with E-state index in [1.165, 1.54) is 35.8 Å². The van der Waals surface area contributed by atoms with E-state index in [9.17, 15) is 0 Å². The van der Waals surface area contributed by atoms with E-state index >= 15 is 0 Å². The van der Waals surface area contributed by atoms with Crippen LogP contribution in [0.25, 0.3) is 10.1 Å². The third kappa shape index (κ3) is 2.56. The van der Waals surface area contributed by atoms with Gasteiger partial charge in [0, 0.05) is 15.6 Å². The molecule has 1 aliphatic carbocycles. The van der Waals surface area contributed by atoms with Crippen LogP contribution in [0.1, 0.15) is 49.6 Å². The highest BCUT2D eigenvalue weighted by Crippen LogP contribution is 2.41. The van der Waals surface area contributed by atoms with Crippen molar-refractivity contribution in [3.05, 3.63) is 34.7 Å². The Morgan fingerprint density at radius 3 is 3.00 bits per heavy atom. The first kappa shape index (κ1) is 13.1. The van der Waals surface area contributed by atoms with E-state index in [1.54, 1.807) is 10.4 Å². The summed E-state index contributed by atoms with van der Waals surface area (Å²) in [5.74, 6) is 0.827. The van der Waals surface area contributed by atoms with Crippen molar-refractivity contribution in [1.29, 1.82) is 0 Å². The molecule has 0 amide bonds. The molecule has 3 rings (SSSR count). The van der Waals surface area contributed by atoms with E-state index in [4.69, 9.17) is 0 Å². The molecule has 0 fully saturated rings. The van der Waals surface area contributed by atoms with Crippen LogP contribution in [0.5, 0.6) is 0 Å². The van der Waals surface area contributed by atoms with Gasteiger partial charge in [-0.1, -0.05) is 32.0 Å². The molecule has 0 bridgehead atoms. The summed E-state index contributed by atoms with van der Waals surface area (Å²) in [7, 11) is 0. The standard InChI is InChI=1S/C17H23NS/c1-3-10-18-15-11-12(2)8-9-14-13-6-4-5-7-16(13)19-17(14)15/h4-7,12,15,18H,3,8-11H2,1-2H3. The Bertz CT molecular complexity index is 557. The maximum Gasteiger partial charge on any atom is 0.0420 e. The van der Waals surface area contributed by atoms with E-state index in [0.29, 0.717) is 6.04 Å². The van der Waals surface area contributed by atoms with Crippen molar-refractivity contribution in [2.75, 3.05) is 6.54 Å². The Kier molecular flexibility index (Phi) is 3.90. The maximum atomic E-state index is 3.77. The fraction of sp³-hybridized carbons (Fsp3) is 0.529. The van der Waals surface area contributed by atoms with Crippen molar-refractivity contribution in [2.45, 2.75) is 45.6 Å². The van der Waals surface area contributed by atoms with Crippen molar-refractivity contribution >= 4 is 21.4 Å². The number of hydrogen-bond donors (Lipinski definition) is 1. The lowest BCUT2D eigenvalue weighted by atomic mass is 10.00. The molecule has 1 heterocycles. The van der Waals surface area contributed by atoms with Crippen LogP contribution in [0, 0.1) is 5.92 Å². The number of benzene rings is 1. The summed E-state index contributed by atoms with van der Waals surface area (Å²) < 4.78 is 1.46. The zero-order valence-corrected chi connectivity index (χ0v) is 12.7. The van der Waals surface area contributed by atoms with Crippen LogP contribution in [0.15, 0.2) is 24.3 Å². The molecule has 0 radical (unpaired) electrons. The highest BCUT2D eigenvalue weighted by Gasteiger charge is 2.25. The lowest BCUT2D eigenvalue weighted by molar-refractivity contribution is 0.412. The van der Waals surface area contributed by atoms with Gasteiger partial charge >= 0.3 is 0 Å². The van der Waals surface area contributed by atoms with Crippen molar-refractivity contribution in [1.82, 2.24) is 5.32 Å². The van der Waals surface area contributed by atoms with Crippen molar-refractivity contribution in [3.8, 4) is 0 Å². The van der Waals surface area contributed by atoms with Gasteiger partial charge in [-0.25, -0.2) is 0 Å². The van der Waals surface area contributed by atoms with Gasteiger partial charge in [0.05, 0.1) is 0 Å². The number of fused-ring (bicyclic) bond motifs is 3. The first-order chi connectivity index (χ1) is 9.29. The summed E-state index contributed by atoms with van der Waals surface area (Å²) in [4.78, 5) is 1.61. The normalized spacial score (nSPS) is 23.3. The second kappa shape index (κ2) is 5.64.